The molecular weight excluding hydrogens is 156 g/mol. The molecule has 0 radical (unpaired) electrons. The fraction of sp³-hybridized carbons (Fsp3) is 1.00. The Morgan fingerprint density at radius 1 is 1.30 bits per heavy atom. The maximum Gasteiger partial charge on any atom is 0.411 e. The molecule has 0 unspecified atom stereocenters. The van der Waals surface area contributed by atoms with Crippen molar-refractivity contribution in [1.29, 1.82) is 0 Å². The van der Waals surface area contributed by atoms with Crippen LogP contribution in [-0.2, 0) is 4.74 Å². The molecule has 2 nitrogen and oxygen atoms in total. The van der Waals surface area contributed by atoms with Crippen LogP contribution in [0.15, 0.2) is 0 Å². The lowest BCUT2D eigenvalue weighted by Crippen LogP contribution is -2.17. The molecule has 0 aromatic carbocycles. The summed E-state index contributed by atoms with van der Waals surface area (Å²) in [7, 11) is 0.500. The number of alkyl halides is 4. The molecule has 0 saturated carbocycles. The number of halogens is 4. The van der Waals surface area contributed by atoms with Crippen LogP contribution < -0.4 is 0 Å². The summed E-state index contributed by atoms with van der Waals surface area (Å²) >= 11 is 0. The number of aliphatic hydroxyl groups excluding tert-OH is 1. The molecular formula is C4H8F4O2. The lowest BCUT2D eigenvalue weighted by atomic mass is 10.7. The van der Waals surface area contributed by atoms with Crippen molar-refractivity contribution >= 4 is 0 Å². The first-order valence-electron chi connectivity index (χ1n) is 2.19. The van der Waals surface area contributed by atoms with Crippen LogP contribution in [0.25, 0.3) is 0 Å². The van der Waals surface area contributed by atoms with Gasteiger partial charge in [-0.15, -0.1) is 0 Å². The molecule has 0 spiro atoms. The van der Waals surface area contributed by atoms with Crippen molar-refractivity contribution in [3.63, 3.8) is 0 Å². The molecule has 0 aromatic rings. The maximum atomic E-state index is 11.0. The lowest BCUT2D eigenvalue weighted by molar-refractivity contribution is -0.189. The molecule has 0 amide bonds. The average Bonchev–Trinajstić information content (AvgIpc) is 1.87. The summed E-state index contributed by atoms with van der Waals surface area (Å²) in [4.78, 5) is 0. The first-order chi connectivity index (χ1) is 4.56. The number of aliphatic hydroxyl groups is 1. The minimum atomic E-state index is -4.33. The van der Waals surface area contributed by atoms with E-state index in [-0.39, 0.29) is 0 Å². The Labute approximate surface area is 55.4 Å². The second-order valence-electron chi connectivity index (χ2n) is 1.09. The molecule has 0 bridgehead atoms. The van der Waals surface area contributed by atoms with Crippen LogP contribution in [0, 0.1) is 0 Å². The third-order valence-corrected chi connectivity index (χ3v) is 0.357. The summed E-state index contributed by atoms with van der Waals surface area (Å²) in [6.45, 7) is -2.27. The molecule has 0 fully saturated rings. The lowest BCUT2D eigenvalue weighted by Gasteiger charge is -2.03. The van der Waals surface area contributed by atoms with Crippen molar-refractivity contribution in [3.8, 4) is 0 Å². The topological polar surface area (TPSA) is 29.5 Å². The van der Waals surface area contributed by atoms with Crippen molar-refractivity contribution in [2.75, 3.05) is 20.6 Å². The van der Waals surface area contributed by atoms with Gasteiger partial charge >= 0.3 is 6.18 Å². The molecule has 1 N–H and O–H groups in total. The standard InChI is InChI=1S/C3H5F3O2.CH3F/c4-3(5,6)1-8-2-7;1-2/h7H,1-2H2;1H3. The van der Waals surface area contributed by atoms with Crippen molar-refractivity contribution in [3.05, 3.63) is 0 Å². The number of ether oxygens (including phenoxy) is 1. The Morgan fingerprint density at radius 3 is 1.80 bits per heavy atom. The number of rotatable bonds is 2. The fourth-order valence-corrected chi connectivity index (χ4v) is 0.161. The summed E-state index contributed by atoms with van der Waals surface area (Å²) in [6, 6.07) is 0. The predicted octanol–water partition coefficient (Wildman–Crippen LogP) is 1.10. The zero-order chi connectivity index (χ0) is 8.62. The van der Waals surface area contributed by atoms with Crippen LogP contribution in [0.2, 0.25) is 0 Å². The third-order valence-electron chi connectivity index (χ3n) is 0.357. The van der Waals surface area contributed by atoms with Crippen LogP contribution in [0.3, 0.4) is 0 Å². The molecule has 0 aliphatic rings. The van der Waals surface area contributed by atoms with E-state index in [9.17, 15) is 17.6 Å². The zero-order valence-electron chi connectivity index (χ0n) is 5.28. The molecule has 0 aliphatic heterocycles. The van der Waals surface area contributed by atoms with Gasteiger partial charge in [0.05, 0.1) is 7.18 Å². The predicted molar refractivity (Wildman–Crippen MR) is 26.1 cm³/mol. The van der Waals surface area contributed by atoms with Gasteiger partial charge in [-0.1, -0.05) is 0 Å². The van der Waals surface area contributed by atoms with Crippen LogP contribution >= 0.6 is 0 Å². The molecule has 0 rings (SSSR count). The third kappa shape index (κ3) is 15.6. The van der Waals surface area contributed by atoms with E-state index in [2.05, 4.69) is 4.74 Å². The van der Waals surface area contributed by atoms with Crippen LogP contribution in [0.4, 0.5) is 17.6 Å². The van der Waals surface area contributed by atoms with E-state index in [1.165, 1.54) is 0 Å². The fourth-order valence-electron chi connectivity index (χ4n) is 0.161. The molecule has 0 heterocycles. The van der Waals surface area contributed by atoms with Gasteiger partial charge in [-0.05, 0) is 0 Å². The largest absolute Gasteiger partial charge is 0.411 e. The summed E-state index contributed by atoms with van der Waals surface area (Å²) in [6.07, 6.45) is -4.33. The van der Waals surface area contributed by atoms with Crippen LogP contribution in [0.5, 0.6) is 0 Å². The van der Waals surface area contributed by atoms with E-state index in [4.69, 9.17) is 5.11 Å². The SMILES string of the molecule is CF.OCOCC(F)(F)F. The van der Waals surface area contributed by atoms with Gasteiger partial charge in [0, 0.05) is 0 Å². The summed E-state index contributed by atoms with van der Waals surface area (Å²) in [5.41, 5.74) is 0. The van der Waals surface area contributed by atoms with Gasteiger partial charge in [-0.25, -0.2) is 0 Å². The summed E-state index contributed by atoms with van der Waals surface area (Å²) < 4.78 is 46.1. The van der Waals surface area contributed by atoms with E-state index < -0.39 is 19.6 Å². The maximum absolute atomic E-state index is 11.0. The van der Waals surface area contributed by atoms with Crippen molar-refractivity contribution in [2.45, 2.75) is 6.18 Å². The second kappa shape index (κ2) is 6.76. The molecule has 6 heteroatoms. The first-order valence-corrected chi connectivity index (χ1v) is 2.19. The Bertz CT molecular complexity index is 62.8. The molecule has 0 aromatic heterocycles. The number of hydrogen-bond acceptors (Lipinski definition) is 2. The summed E-state index contributed by atoms with van der Waals surface area (Å²) in [5, 5.41) is 7.71. The molecule has 0 saturated heterocycles. The highest BCUT2D eigenvalue weighted by atomic mass is 19.4. The van der Waals surface area contributed by atoms with Crippen LogP contribution in [0.1, 0.15) is 0 Å². The van der Waals surface area contributed by atoms with E-state index in [1.54, 1.807) is 0 Å². The Hall–Kier alpha value is -0.360. The smallest absolute Gasteiger partial charge is 0.371 e. The molecule has 10 heavy (non-hydrogen) atoms. The van der Waals surface area contributed by atoms with E-state index in [0.29, 0.717) is 7.18 Å². The minimum Gasteiger partial charge on any atom is -0.371 e. The van der Waals surface area contributed by atoms with Gasteiger partial charge in [0.15, 0.2) is 0 Å². The Balaban J connectivity index is 0. The van der Waals surface area contributed by atoms with Crippen LogP contribution in [-0.4, -0.2) is 31.9 Å². The highest BCUT2D eigenvalue weighted by Crippen LogP contribution is 2.13. The summed E-state index contributed by atoms with van der Waals surface area (Å²) in [5.74, 6) is 0. The minimum absolute atomic E-state index is 0.500. The number of hydrogen-bond donors (Lipinski definition) is 1. The Kier molecular flexibility index (Phi) is 8.33. The van der Waals surface area contributed by atoms with E-state index in [0.717, 1.165) is 0 Å². The van der Waals surface area contributed by atoms with Gasteiger partial charge in [0.2, 0.25) is 0 Å². The van der Waals surface area contributed by atoms with Gasteiger partial charge < -0.3 is 9.84 Å². The molecule has 0 aliphatic carbocycles. The average molecular weight is 164 g/mol. The molecule has 0 atom stereocenters. The second-order valence-corrected chi connectivity index (χ2v) is 1.09. The van der Waals surface area contributed by atoms with Gasteiger partial charge in [-0.3, -0.25) is 4.39 Å². The highest BCUT2D eigenvalue weighted by molar-refractivity contribution is 4.42. The Morgan fingerprint density at radius 2 is 1.70 bits per heavy atom. The highest BCUT2D eigenvalue weighted by Gasteiger charge is 2.26. The zero-order valence-corrected chi connectivity index (χ0v) is 5.28. The van der Waals surface area contributed by atoms with Crippen molar-refractivity contribution in [2.24, 2.45) is 0 Å². The van der Waals surface area contributed by atoms with E-state index in [1.807, 2.05) is 0 Å². The molecule has 64 valence electrons. The van der Waals surface area contributed by atoms with Gasteiger partial charge in [0.25, 0.3) is 0 Å². The normalized spacial score (nSPS) is 10.2. The van der Waals surface area contributed by atoms with Gasteiger partial charge in [-0.2, -0.15) is 13.2 Å². The van der Waals surface area contributed by atoms with Crippen molar-refractivity contribution < 1.29 is 27.4 Å². The van der Waals surface area contributed by atoms with Gasteiger partial charge in [0.1, 0.15) is 13.4 Å². The van der Waals surface area contributed by atoms with E-state index >= 15 is 0 Å². The quantitative estimate of drug-likeness (QED) is 0.489. The van der Waals surface area contributed by atoms with Crippen molar-refractivity contribution in [1.82, 2.24) is 0 Å². The monoisotopic (exact) mass is 164 g/mol. The first kappa shape index (κ1) is 12.3.